The van der Waals surface area contributed by atoms with E-state index < -0.39 is 11.9 Å². The summed E-state index contributed by atoms with van der Waals surface area (Å²) in [5.41, 5.74) is 0.722. The number of carbonyl (C=O) groups excluding carboxylic acids is 1. The van der Waals surface area contributed by atoms with E-state index in [-0.39, 0.29) is 30.4 Å². The zero-order valence-corrected chi connectivity index (χ0v) is 8.52. The maximum absolute atomic E-state index is 12.7. The molecule has 0 spiro atoms. The normalized spacial score (nSPS) is 24.7. The van der Waals surface area contributed by atoms with Crippen LogP contribution in [0.25, 0.3) is 0 Å². The lowest BCUT2D eigenvalue weighted by molar-refractivity contribution is -0.142. The summed E-state index contributed by atoms with van der Waals surface area (Å²) in [6.45, 7) is 0. The summed E-state index contributed by atoms with van der Waals surface area (Å²) in [6.07, 6.45) is 0.319. The quantitative estimate of drug-likeness (QED) is 0.832. The van der Waals surface area contributed by atoms with Crippen LogP contribution in [0.4, 0.5) is 4.39 Å². The van der Waals surface area contributed by atoms with Gasteiger partial charge in [-0.3, -0.25) is 9.59 Å². The van der Waals surface area contributed by atoms with Crippen molar-refractivity contribution in [3.8, 4) is 0 Å². The topological polar surface area (TPSA) is 54.4 Å². The summed E-state index contributed by atoms with van der Waals surface area (Å²) < 4.78 is 12.7. The Morgan fingerprint density at radius 3 is 2.44 bits per heavy atom. The van der Waals surface area contributed by atoms with Crippen LogP contribution in [0.1, 0.15) is 24.3 Å². The van der Waals surface area contributed by atoms with Crippen molar-refractivity contribution in [3.63, 3.8) is 0 Å². The van der Waals surface area contributed by atoms with Crippen molar-refractivity contribution in [2.45, 2.75) is 18.8 Å². The maximum Gasteiger partial charge on any atom is 0.307 e. The van der Waals surface area contributed by atoms with Crippen molar-refractivity contribution in [2.24, 2.45) is 5.92 Å². The molecule has 3 nitrogen and oxygen atoms in total. The number of rotatable bonds is 2. The van der Waals surface area contributed by atoms with E-state index in [9.17, 15) is 14.0 Å². The van der Waals surface area contributed by atoms with Crippen LogP contribution < -0.4 is 0 Å². The number of benzene rings is 1. The average Bonchev–Trinajstić information content (AvgIpc) is 2.61. The monoisotopic (exact) mass is 222 g/mol. The minimum Gasteiger partial charge on any atom is -0.481 e. The number of hydrogen-bond donors (Lipinski definition) is 1. The second-order valence-electron chi connectivity index (χ2n) is 4.05. The van der Waals surface area contributed by atoms with E-state index in [1.807, 2.05) is 0 Å². The van der Waals surface area contributed by atoms with Crippen molar-refractivity contribution >= 4 is 11.8 Å². The molecule has 0 saturated heterocycles. The SMILES string of the molecule is O=C1C[C@@H](C(=O)O)[C@H](c2ccc(F)cc2)C1. The fourth-order valence-corrected chi connectivity index (χ4v) is 2.18. The minimum absolute atomic E-state index is 0.0401. The second-order valence-corrected chi connectivity index (χ2v) is 4.05. The van der Waals surface area contributed by atoms with E-state index in [4.69, 9.17) is 5.11 Å². The molecule has 1 N–H and O–H groups in total. The number of halogens is 1. The van der Waals surface area contributed by atoms with E-state index in [0.717, 1.165) is 5.56 Å². The zero-order chi connectivity index (χ0) is 11.7. The van der Waals surface area contributed by atoms with E-state index in [1.54, 1.807) is 12.1 Å². The van der Waals surface area contributed by atoms with Crippen molar-refractivity contribution in [1.82, 2.24) is 0 Å². The van der Waals surface area contributed by atoms with Crippen LogP contribution in [0.5, 0.6) is 0 Å². The Bertz CT molecular complexity index is 424. The van der Waals surface area contributed by atoms with Gasteiger partial charge in [0.25, 0.3) is 0 Å². The van der Waals surface area contributed by atoms with Gasteiger partial charge in [-0.25, -0.2) is 4.39 Å². The number of carboxylic acid groups (broad SMARTS) is 1. The summed E-state index contributed by atoms with van der Waals surface area (Å²) in [7, 11) is 0. The Hall–Kier alpha value is -1.71. The summed E-state index contributed by atoms with van der Waals surface area (Å²) in [4.78, 5) is 22.2. The first-order valence-corrected chi connectivity index (χ1v) is 5.08. The molecule has 1 aromatic rings. The third-order valence-corrected chi connectivity index (χ3v) is 3.00. The first-order chi connectivity index (χ1) is 7.58. The highest BCUT2D eigenvalue weighted by Crippen LogP contribution is 2.37. The lowest BCUT2D eigenvalue weighted by Gasteiger charge is -2.14. The highest BCUT2D eigenvalue weighted by atomic mass is 19.1. The Kier molecular flexibility index (Phi) is 2.73. The van der Waals surface area contributed by atoms with E-state index in [1.165, 1.54) is 12.1 Å². The fourth-order valence-electron chi connectivity index (χ4n) is 2.18. The van der Waals surface area contributed by atoms with Gasteiger partial charge >= 0.3 is 5.97 Å². The molecule has 16 heavy (non-hydrogen) atoms. The predicted octanol–water partition coefficient (Wildman–Crippen LogP) is 1.97. The molecular weight excluding hydrogens is 211 g/mol. The standard InChI is InChI=1S/C12H11FO3/c13-8-3-1-7(2-4-8)10-5-9(14)6-11(10)12(15)16/h1-4,10-11H,5-6H2,(H,15,16)/t10-,11+/m0/s1. The van der Waals surface area contributed by atoms with Gasteiger partial charge in [-0.1, -0.05) is 12.1 Å². The first kappa shape index (κ1) is 10.8. The second kappa shape index (κ2) is 4.04. The van der Waals surface area contributed by atoms with Crippen molar-refractivity contribution in [2.75, 3.05) is 0 Å². The van der Waals surface area contributed by atoms with Crippen LogP contribution in [0.3, 0.4) is 0 Å². The molecule has 1 saturated carbocycles. The van der Waals surface area contributed by atoms with Gasteiger partial charge in [0.05, 0.1) is 5.92 Å². The molecule has 0 radical (unpaired) electrons. The molecule has 1 fully saturated rings. The molecule has 1 aliphatic rings. The first-order valence-electron chi connectivity index (χ1n) is 5.08. The van der Waals surface area contributed by atoms with Crippen LogP contribution in [0.2, 0.25) is 0 Å². The van der Waals surface area contributed by atoms with Crippen molar-refractivity contribution < 1.29 is 19.1 Å². The number of carboxylic acids is 1. The van der Waals surface area contributed by atoms with Crippen LogP contribution in [0.15, 0.2) is 24.3 Å². The summed E-state index contributed by atoms with van der Waals surface area (Å²) in [6, 6.07) is 5.68. The van der Waals surface area contributed by atoms with Gasteiger partial charge in [0.1, 0.15) is 11.6 Å². The zero-order valence-electron chi connectivity index (χ0n) is 8.52. The summed E-state index contributed by atoms with van der Waals surface area (Å²) >= 11 is 0. The van der Waals surface area contributed by atoms with Crippen LogP contribution in [-0.4, -0.2) is 16.9 Å². The van der Waals surface area contributed by atoms with E-state index in [2.05, 4.69) is 0 Å². The Morgan fingerprint density at radius 1 is 1.25 bits per heavy atom. The molecule has 0 bridgehead atoms. The van der Waals surface area contributed by atoms with Gasteiger partial charge in [-0.2, -0.15) is 0 Å². The molecule has 0 aliphatic heterocycles. The van der Waals surface area contributed by atoms with Crippen molar-refractivity contribution in [1.29, 1.82) is 0 Å². The number of aliphatic carboxylic acids is 1. The lowest BCUT2D eigenvalue weighted by atomic mass is 9.89. The van der Waals surface area contributed by atoms with Crippen LogP contribution in [0, 0.1) is 11.7 Å². The fraction of sp³-hybridized carbons (Fsp3) is 0.333. The number of hydrogen-bond acceptors (Lipinski definition) is 2. The highest BCUT2D eigenvalue weighted by Gasteiger charge is 2.38. The molecule has 1 aromatic carbocycles. The molecule has 4 heteroatoms. The van der Waals surface area contributed by atoms with Gasteiger partial charge < -0.3 is 5.11 Å². The molecule has 1 aliphatic carbocycles. The summed E-state index contributed by atoms with van der Waals surface area (Å²) in [5, 5.41) is 8.99. The molecule has 0 heterocycles. The smallest absolute Gasteiger partial charge is 0.307 e. The largest absolute Gasteiger partial charge is 0.481 e. The van der Waals surface area contributed by atoms with Gasteiger partial charge in [0.15, 0.2) is 0 Å². The van der Waals surface area contributed by atoms with Crippen LogP contribution >= 0.6 is 0 Å². The third kappa shape index (κ3) is 1.96. The Balaban J connectivity index is 2.28. The van der Waals surface area contributed by atoms with Gasteiger partial charge in [-0.05, 0) is 17.7 Å². The molecule has 0 amide bonds. The summed E-state index contributed by atoms with van der Waals surface area (Å²) in [5.74, 6) is -2.34. The molecule has 84 valence electrons. The Morgan fingerprint density at radius 2 is 1.88 bits per heavy atom. The van der Waals surface area contributed by atoms with Gasteiger partial charge in [0.2, 0.25) is 0 Å². The van der Waals surface area contributed by atoms with Gasteiger partial charge in [0, 0.05) is 18.8 Å². The minimum atomic E-state index is -0.958. The Labute approximate surface area is 91.9 Å². The van der Waals surface area contributed by atoms with Crippen molar-refractivity contribution in [3.05, 3.63) is 35.6 Å². The highest BCUT2D eigenvalue weighted by molar-refractivity contribution is 5.89. The number of ketones is 1. The van der Waals surface area contributed by atoms with Crippen LogP contribution in [-0.2, 0) is 9.59 Å². The molecule has 0 aromatic heterocycles. The maximum atomic E-state index is 12.7. The van der Waals surface area contributed by atoms with E-state index >= 15 is 0 Å². The molecule has 2 rings (SSSR count). The lowest BCUT2D eigenvalue weighted by Crippen LogP contribution is -2.16. The number of Topliss-reactive ketones (excluding diaryl/α,β-unsaturated/α-hetero) is 1. The van der Waals surface area contributed by atoms with E-state index in [0.29, 0.717) is 0 Å². The van der Waals surface area contributed by atoms with Gasteiger partial charge in [-0.15, -0.1) is 0 Å². The molecule has 0 unspecified atom stereocenters. The molecule has 2 atom stereocenters. The predicted molar refractivity (Wildman–Crippen MR) is 54.5 cm³/mol. The third-order valence-electron chi connectivity index (χ3n) is 3.00. The molecular formula is C12H11FO3. The average molecular weight is 222 g/mol. The number of carbonyl (C=O) groups is 2.